The molecule has 0 saturated carbocycles. The van der Waals surface area contributed by atoms with Gasteiger partial charge in [0.1, 0.15) is 0 Å². The zero-order valence-electron chi connectivity index (χ0n) is 8.66. The molecule has 0 aliphatic rings. The summed E-state index contributed by atoms with van der Waals surface area (Å²) in [6, 6.07) is 9.70. The van der Waals surface area contributed by atoms with Gasteiger partial charge in [0, 0.05) is 9.26 Å². The van der Waals surface area contributed by atoms with E-state index >= 15 is 0 Å². The minimum Gasteiger partial charge on any atom is -0.321 e. The summed E-state index contributed by atoms with van der Waals surface area (Å²) in [7, 11) is 0. The smallest absolute Gasteiger partial charge is 0.265 e. The lowest BCUT2D eigenvalue weighted by Crippen LogP contribution is -2.11. The van der Waals surface area contributed by atoms with Gasteiger partial charge in [-0.05, 0) is 70.8 Å². The highest BCUT2D eigenvalue weighted by Crippen LogP contribution is 2.18. The number of hydrogen-bond acceptors (Lipinski definition) is 2. The average molecular weight is 343 g/mol. The summed E-state index contributed by atoms with van der Waals surface area (Å²) in [6.45, 7) is 1.94. The summed E-state index contributed by atoms with van der Waals surface area (Å²) in [5, 5.41) is 4.81. The van der Waals surface area contributed by atoms with E-state index in [1.54, 1.807) is 0 Å². The molecule has 0 unspecified atom stereocenters. The van der Waals surface area contributed by atoms with E-state index in [-0.39, 0.29) is 5.91 Å². The molecule has 0 radical (unpaired) electrons. The molecule has 0 saturated heterocycles. The first-order chi connectivity index (χ1) is 7.66. The quantitative estimate of drug-likeness (QED) is 0.823. The molecule has 0 spiro atoms. The standard InChI is InChI=1S/C12H10INOS/c1-8-6-7-16-11(8)12(15)14-10-4-2-9(13)3-5-10/h2-7H,1H3,(H,14,15). The summed E-state index contributed by atoms with van der Waals surface area (Å²) in [5.41, 5.74) is 1.85. The SMILES string of the molecule is Cc1ccsc1C(=O)Nc1ccc(I)cc1. The van der Waals surface area contributed by atoms with E-state index in [9.17, 15) is 4.79 Å². The predicted molar refractivity (Wildman–Crippen MR) is 76.2 cm³/mol. The van der Waals surface area contributed by atoms with Gasteiger partial charge in [-0.3, -0.25) is 4.79 Å². The van der Waals surface area contributed by atoms with E-state index in [2.05, 4.69) is 27.9 Å². The molecule has 0 aliphatic heterocycles. The zero-order valence-corrected chi connectivity index (χ0v) is 11.6. The fraction of sp³-hybridized carbons (Fsp3) is 0.0833. The van der Waals surface area contributed by atoms with Crippen molar-refractivity contribution in [3.05, 3.63) is 49.7 Å². The number of aryl methyl sites for hydroxylation is 1. The minimum atomic E-state index is -0.0336. The number of benzene rings is 1. The van der Waals surface area contributed by atoms with Crippen LogP contribution in [0.1, 0.15) is 15.2 Å². The Morgan fingerprint density at radius 2 is 1.94 bits per heavy atom. The molecule has 1 heterocycles. The van der Waals surface area contributed by atoms with Gasteiger partial charge in [0.2, 0.25) is 0 Å². The maximum absolute atomic E-state index is 11.9. The molecule has 0 atom stereocenters. The Balaban J connectivity index is 2.14. The number of hydrogen-bond donors (Lipinski definition) is 1. The number of carbonyl (C=O) groups excluding carboxylic acids is 1. The third-order valence-electron chi connectivity index (χ3n) is 2.17. The second-order valence-corrected chi connectivity index (χ2v) is 5.56. The van der Waals surface area contributed by atoms with Gasteiger partial charge in [0.25, 0.3) is 5.91 Å². The van der Waals surface area contributed by atoms with E-state index in [1.807, 2.05) is 42.6 Å². The molecule has 1 aromatic heterocycles. The Labute approximate surface area is 112 Å². The zero-order chi connectivity index (χ0) is 11.5. The van der Waals surface area contributed by atoms with Crippen LogP contribution in [0.2, 0.25) is 0 Å². The van der Waals surface area contributed by atoms with Crippen LogP contribution in [-0.4, -0.2) is 5.91 Å². The summed E-state index contributed by atoms with van der Waals surface area (Å²) in [4.78, 5) is 12.7. The molecule has 16 heavy (non-hydrogen) atoms. The van der Waals surface area contributed by atoms with Gasteiger partial charge in [0.05, 0.1) is 4.88 Å². The number of halogens is 1. The molecule has 4 heteroatoms. The van der Waals surface area contributed by atoms with Crippen LogP contribution in [0.4, 0.5) is 5.69 Å². The monoisotopic (exact) mass is 343 g/mol. The lowest BCUT2D eigenvalue weighted by atomic mass is 10.2. The first-order valence-electron chi connectivity index (χ1n) is 4.78. The Morgan fingerprint density at radius 1 is 1.25 bits per heavy atom. The van der Waals surface area contributed by atoms with Crippen molar-refractivity contribution in [2.75, 3.05) is 5.32 Å². The van der Waals surface area contributed by atoms with E-state index in [4.69, 9.17) is 0 Å². The van der Waals surface area contributed by atoms with Gasteiger partial charge in [-0.1, -0.05) is 0 Å². The molecule has 2 nitrogen and oxygen atoms in total. The van der Waals surface area contributed by atoms with Crippen molar-refractivity contribution >= 4 is 45.5 Å². The Bertz CT molecular complexity index is 504. The Hall–Kier alpha value is -0.880. The van der Waals surface area contributed by atoms with Crippen LogP contribution in [0.5, 0.6) is 0 Å². The molecule has 82 valence electrons. The number of rotatable bonds is 2. The molecule has 2 aromatic rings. The third kappa shape index (κ3) is 2.62. The van der Waals surface area contributed by atoms with Crippen molar-refractivity contribution in [2.45, 2.75) is 6.92 Å². The van der Waals surface area contributed by atoms with E-state index in [0.29, 0.717) is 0 Å². The normalized spacial score (nSPS) is 10.1. The summed E-state index contributed by atoms with van der Waals surface area (Å²) < 4.78 is 1.16. The second kappa shape index (κ2) is 4.97. The summed E-state index contributed by atoms with van der Waals surface area (Å²) >= 11 is 3.70. The van der Waals surface area contributed by atoms with Crippen molar-refractivity contribution in [1.82, 2.24) is 0 Å². The van der Waals surface area contributed by atoms with Gasteiger partial charge in [-0.15, -0.1) is 11.3 Å². The van der Waals surface area contributed by atoms with Crippen LogP contribution < -0.4 is 5.32 Å². The third-order valence-corrected chi connectivity index (χ3v) is 3.90. The fourth-order valence-corrected chi connectivity index (χ4v) is 2.51. The highest BCUT2D eigenvalue weighted by atomic mass is 127. The van der Waals surface area contributed by atoms with Crippen molar-refractivity contribution in [1.29, 1.82) is 0 Å². The van der Waals surface area contributed by atoms with Crippen LogP contribution in [0, 0.1) is 10.5 Å². The lowest BCUT2D eigenvalue weighted by Gasteiger charge is -2.04. The maximum atomic E-state index is 11.9. The first-order valence-corrected chi connectivity index (χ1v) is 6.73. The highest BCUT2D eigenvalue weighted by molar-refractivity contribution is 14.1. The van der Waals surface area contributed by atoms with E-state index in [0.717, 1.165) is 19.7 Å². The fourth-order valence-electron chi connectivity index (χ4n) is 1.33. The topological polar surface area (TPSA) is 29.1 Å². The van der Waals surface area contributed by atoms with Crippen molar-refractivity contribution in [3.63, 3.8) is 0 Å². The molecule has 0 bridgehead atoms. The number of thiophene rings is 1. The minimum absolute atomic E-state index is 0.0336. The number of carbonyl (C=O) groups is 1. The van der Waals surface area contributed by atoms with Gasteiger partial charge in [0.15, 0.2) is 0 Å². The Kier molecular flexibility index (Phi) is 3.60. The van der Waals surface area contributed by atoms with Gasteiger partial charge >= 0.3 is 0 Å². The lowest BCUT2D eigenvalue weighted by molar-refractivity contribution is 0.103. The summed E-state index contributed by atoms with van der Waals surface area (Å²) in [5.74, 6) is -0.0336. The maximum Gasteiger partial charge on any atom is 0.265 e. The Morgan fingerprint density at radius 3 is 2.50 bits per heavy atom. The van der Waals surface area contributed by atoms with Crippen LogP contribution in [-0.2, 0) is 0 Å². The van der Waals surface area contributed by atoms with Crippen molar-refractivity contribution in [2.24, 2.45) is 0 Å². The highest BCUT2D eigenvalue weighted by Gasteiger charge is 2.10. The average Bonchev–Trinajstić information content (AvgIpc) is 2.68. The first kappa shape index (κ1) is 11.6. The van der Waals surface area contributed by atoms with Crippen molar-refractivity contribution < 1.29 is 4.79 Å². The molecule has 2 rings (SSSR count). The largest absolute Gasteiger partial charge is 0.321 e. The van der Waals surface area contributed by atoms with Crippen molar-refractivity contribution in [3.8, 4) is 0 Å². The predicted octanol–water partition coefficient (Wildman–Crippen LogP) is 3.91. The van der Waals surface area contributed by atoms with Crippen LogP contribution >= 0.6 is 33.9 Å². The van der Waals surface area contributed by atoms with Crippen LogP contribution in [0.3, 0.4) is 0 Å². The van der Waals surface area contributed by atoms with Gasteiger partial charge < -0.3 is 5.32 Å². The molecular formula is C12H10INOS. The number of anilines is 1. The van der Waals surface area contributed by atoms with E-state index in [1.165, 1.54) is 11.3 Å². The molecule has 1 amide bonds. The van der Waals surface area contributed by atoms with E-state index < -0.39 is 0 Å². The van der Waals surface area contributed by atoms with Crippen LogP contribution in [0.25, 0.3) is 0 Å². The molecule has 0 fully saturated rings. The molecule has 0 aliphatic carbocycles. The van der Waals surface area contributed by atoms with Gasteiger partial charge in [-0.25, -0.2) is 0 Å². The second-order valence-electron chi connectivity index (χ2n) is 3.39. The van der Waals surface area contributed by atoms with Gasteiger partial charge in [-0.2, -0.15) is 0 Å². The molecule has 1 N–H and O–H groups in total. The summed E-state index contributed by atoms with van der Waals surface area (Å²) in [6.07, 6.45) is 0. The molecular weight excluding hydrogens is 333 g/mol. The van der Waals surface area contributed by atoms with Crippen LogP contribution in [0.15, 0.2) is 35.7 Å². The number of amides is 1. The molecule has 1 aromatic carbocycles. The number of nitrogens with one attached hydrogen (secondary N) is 1.